The third-order valence-corrected chi connectivity index (χ3v) is 2.69. The number of nitrogens with two attached hydrogens (primary N) is 1. The van der Waals surface area contributed by atoms with Crippen LogP contribution < -0.4 is 5.73 Å². The lowest BCUT2D eigenvalue weighted by Gasteiger charge is -2.06. The van der Waals surface area contributed by atoms with E-state index in [0.29, 0.717) is 13.1 Å². The maximum Gasteiger partial charge on any atom is 0.192 e. The Morgan fingerprint density at radius 1 is 1.64 bits per heavy atom. The fourth-order valence-electron chi connectivity index (χ4n) is 1.02. The molecule has 76 valence electrons. The van der Waals surface area contributed by atoms with E-state index in [2.05, 4.69) is 16.3 Å². The van der Waals surface area contributed by atoms with Gasteiger partial charge in [0, 0.05) is 13.1 Å². The first kappa shape index (κ1) is 11.0. The average Bonchev–Trinajstić information content (AvgIpc) is 2.50. The van der Waals surface area contributed by atoms with Crippen LogP contribution in [0.1, 0.15) is 12.7 Å². The lowest BCUT2D eigenvalue weighted by Crippen LogP contribution is -2.12. The molecule has 1 aromatic heterocycles. The number of nitriles is 1. The van der Waals surface area contributed by atoms with Gasteiger partial charge < -0.3 is 10.3 Å². The molecule has 1 aromatic rings. The van der Waals surface area contributed by atoms with E-state index in [4.69, 9.17) is 11.0 Å². The molecule has 0 bridgehead atoms. The summed E-state index contributed by atoms with van der Waals surface area (Å²) in [6.07, 6.45) is 0. The number of aromatic nitrogens is 3. The van der Waals surface area contributed by atoms with Crippen LogP contribution in [0.2, 0.25) is 0 Å². The quantitative estimate of drug-likeness (QED) is 0.735. The number of rotatable bonds is 4. The van der Waals surface area contributed by atoms with Crippen LogP contribution in [0.5, 0.6) is 0 Å². The van der Waals surface area contributed by atoms with Crippen LogP contribution in [0.15, 0.2) is 5.16 Å². The SMILES string of the molecule is Cc1nnc(SC(C)C#N)n1CCN. The molecule has 0 aliphatic heterocycles. The molecule has 14 heavy (non-hydrogen) atoms. The first-order chi connectivity index (χ1) is 6.69. The van der Waals surface area contributed by atoms with E-state index in [1.165, 1.54) is 11.8 Å². The van der Waals surface area contributed by atoms with Crippen LogP contribution in [-0.4, -0.2) is 26.6 Å². The number of hydrogen-bond acceptors (Lipinski definition) is 5. The summed E-state index contributed by atoms with van der Waals surface area (Å²) in [6, 6.07) is 2.14. The molecular weight excluding hydrogens is 198 g/mol. The van der Waals surface area contributed by atoms with Crippen molar-refractivity contribution in [3.05, 3.63) is 5.82 Å². The summed E-state index contributed by atoms with van der Waals surface area (Å²) in [5.41, 5.74) is 5.47. The van der Waals surface area contributed by atoms with Crippen molar-refractivity contribution >= 4 is 11.8 Å². The smallest absolute Gasteiger partial charge is 0.192 e. The molecule has 0 aliphatic carbocycles. The normalized spacial score (nSPS) is 12.4. The summed E-state index contributed by atoms with van der Waals surface area (Å²) >= 11 is 1.40. The Labute approximate surface area is 87.3 Å². The maximum atomic E-state index is 8.67. The molecule has 0 spiro atoms. The Hall–Kier alpha value is -1.06. The van der Waals surface area contributed by atoms with Crippen LogP contribution in [0.25, 0.3) is 0 Å². The van der Waals surface area contributed by atoms with Gasteiger partial charge >= 0.3 is 0 Å². The number of thioether (sulfide) groups is 1. The molecule has 0 radical (unpaired) electrons. The standard InChI is InChI=1S/C8H13N5S/c1-6(5-10)14-8-12-11-7(2)13(8)4-3-9/h6H,3-4,9H2,1-2H3. The lowest BCUT2D eigenvalue weighted by atomic mass is 10.5. The predicted octanol–water partition coefficient (Wildman–Crippen LogP) is 0.549. The van der Waals surface area contributed by atoms with Crippen molar-refractivity contribution in [3.63, 3.8) is 0 Å². The van der Waals surface area contributed by atoms with Gasteiger partial charge in [-0.05, 0) is 13.8 Å². The Balaban J connectivity index is 2.81. The fraction of sp³-hybridized carbons (Fsp3) is 0.625. The van der Waals surface area contributed by atoms with Gasteiger partial charge in [0.15, 0.2) is 5.16 Å². The molecule has 0 aromatic carbocycles. The highest BCUT2D eigenvalue weighted by Crippen LogP contribution is 2.21. The third-order valence-electron chi connectivity index (χ3n) is 1.72. The Kier molecular flexibility index (Phi) is 3.92. The molecule has 0 fully saturated rings. The summed E-state index contributed by atoms with van der Waals surface area (Å²) < 4.78 is 1.93. The minimum atomic E-state index is -0.116. The molecule has 6 heteroatoms. The Bertz CT molecular complexity index is 340. The van der Waals surface area contributed by atoms with Crippen molar-refractivity contribution in [2.45, 2.75) is 30.8 Å². The van der Waals surface area contributed by atoms with Gasteiger partial charge in [-0.2, -0.15) is 5.26 Å². The van der Waals surface area contributed by atoms with Crippen molar-refractivity contribution in [2.24, 2.45) is 5.73 Å². The van der Waals surface area contributed by atoms with Gasteiger partial charge in [0.1, 0.15) is 5.82 Å². The van der Waals surface area contributed by atoms with Crippen LogP contribution >= 0.6 is 11.8 Å². The molecule has 1 atom stereocenters. The molecule has 0 saturated heterocycles. The van der Waals surface area contributed by atoms with E-state index in [9.17, 15) is 0 Å². The number of aryl methyl sites for hydroxylation is 1. The topological polar surface area (TPSA) is 80.5 Å². The van der Waals surface area contributed by atoms with Crippen molar-refractivity contribution in [2.75, 3.05) is 6.54 Å². The molecular formula is C8H13N5S. The summed E-state index contributed by atoms with van der Waals surface area (Å²) in [7, 11) is 0. The molecule has 1 unspecified atom stereocenters. The summed E-state index contributed by atoms with van der Waals surface area (Å²) in [5, 5.41) is 17.3. The zero-order chi connectivity index (χ0) is 10.6. The number of hydrogen-bond donors (Lipinski definition) is 1. The Morgan fingerprint density at radius 3 is 2.93 bits per heavy atom. The zero-order valence-corrected chi connectivity index (χ0v) is 9.08. The van der Waals surface area contributed by atoms with Gasteiger partial charge in [0.2, 0.25) is 0 Å². The lowest BCUT2D eigenvalue weighted by molar-refractivity contribution is 0.627. The van der Waals surface area contributed by atoms with E-state index in [1.807, 2.05) is 18.4 Å². The molecule has 1 rings (SSSR count). The van der Waals surface area contributed by atoms with E-state index < -0.39 is 0 Å². The van der Waals surface area contributed by atoms with E-state index >= 15 is 0 Å². The summed E-state index contributed by atoms with van der Waals surface area (Å²) in [4.78, 5) is 0. The van der Waals surface area contributed by atoms with Crippen LogP contribution in [0.3, 0.4) is 0 Å². The third kappa shape index (κ3) is 2.47. The minimum absolute atomic E-state index is 0.116. The monoisotopic (exact) mass is 211 g/mol. The predicted molar refractivity (Wildman–Crippen MR) is 54.7 cm³/mol. The van der Waals surface area contributed by atoms with E-state index in [-0.39, 0.29) is 5.25 Å². The minimum Gasteiger partial charge on any atom is -0.329 e. The van der Waals surface area contributed by atoms with Gasteiger partial charge in [0.05, 0.1) is 11.3 Å². The molecule has 0 amide bonds. The van der Waals surface area contributed by atoms with Gasteiger partial charge in [-0.1, -0.05) is 11.8 Å². The summed E-state index contributed by atoms with van der Waals surface area (Å²) in [5.74, 6) is 0.836. The highest BCUT2D eigenvalue weighted by molar-refractivity contribution is 8.00. The van der Waals surface area contributed by atoms with Crippen LogP contribution in [0.4, 0.5) is 0 Å². The second kappa shape index (κ2) is 4.98. The molecule has 1 heterocycles. The molecule has 0 saturated carbocycles. The molecule has 0 aliphatic rings. The first-order valence-corrected chi connectivity index (χ1v) is 5.23. The van der Waals surface area contributed by atoms with E-state index in [1.54, 1.807) is 0 Å². The zero-order valence-electron chi connectivity index (χ0n) is 8.27. The van der Waals surface area contributed by atoms with Crippen molar-refractivity contribution in [3.8, 4) is 6.07 Å². The highest BCUT2D eigenvalue weighted by Gasteiger charge is 2.11. The first-order valence-electron chi connectivity index (χ1n) is 4.35. The van der Waals surface area contributed by atoms with Gasteiger partial charge in [0.25, 0.3) is 0 Å². The van der Waals surface area contributed by atoms with Gasteiger partial charge in [-0.15, -0.1) is 10.2 Å². The highest BCUT2D eigenvalue weighted by atomic mass is 32.2. The van der Waals surface area contributed by atoms with Crippen molar-refractivity contribution < 1.29 is 0 Å². The summed E-state index contributed by atoms with van der Waals surface area (Å²) in [6.45, 7) is 4.96. The van der Waals surface area contributed by atoms with Crippen LogP contribution in [0, 0.1) is 18.3 Å². The van der Waals surface area contributed by atoms with Crippen molar-refractivity contribution in [1.29, 1.82) is 5.26 Å². The second-order valence-electron chi connectivity index (χ2n) is 2.86. The van der Waals surface area contributed by atoms with Crippen LogP contribution in [-0.2, 0) is 6.54 Å². The van der Waals surface area contributed by atoms with E-state index in [0.717, 1.165) is 11.0 Å². The second-order valence-corrected chi connectivity index (χ2v) is 4.17. The Morgan fingerprint density at radius 2 is 2.36 bits per heavy atom. The molecule has 2 N–H and O–H groups in total. The molecule has 5 nitrogen and oxygen atoms in total. The van der Waals surface area contributed by atoms with Gasteiger partial charge in [-0.3, -0.25) is 0 Å². The van der Waals surface area contributed by atoms with Gasteiger partial charge in [-0.25, -0.2) is 0 Å². The fourth-order valence-corrected chi connectivity index (χ4v) is 1.83. The largest absolute Gasteiger partial charge is 0.329 e. The number of nitrogens with zero attached hydrogens (tertiary/aromatic N) is 4. The maximum absolute atomic E-state index is 8.67. The average molecular weight is 211 g/mol. The van der Waals surface area contributed by atoms with Crippen molar-refractivity contribution in [1.82, 2.24) is 14.8 Å².